The van der Waals surface area contributed by atoms with E-state index in [1.165, 1.54) is 0 Å². The molecule has 28 heavy (non-hydrogen) atoms. The van der Waals surface area contributed by atoms with Crippen molar-refractivity contribution in [3.8, 4) is 0 Å². The molecule has 0 radical (unpaired) electrons. The first-order valence-corrected chi connectivity index (χ1v) is 9.53. The standard InChI is InChI=1S/C21H32N2O5/c1-15(2)13-17(16-9-7-6-8-10-16)23-18(24)14-27-19(25)11-12-22-20(26)28-21(3,4)5/h6-10,15,17H,11-14H2,1-5H3,(H,22,26)(H,23,24). The molecule has 0 saturated heterocycles. The van der Waals surface area contributed by atoms with Gasteiger partial charge in [-0.05, 0) is 38.7 Å². The molecule has 0 aliphatic carbocycles. The molecular weight excluding hydrogens is 360 g/mol. The summed E-state index contributed by atoms with van der Waals surface area (Å²) < 4.78 is 10.1. The smallest absolute Gasteiger partial charge is 0.407 e. The first-order chi connectivity index (χ1) is 13.1. The van der Waals surface area contributed by atoms with Crippen LogP contribution in [0.1, 0.15) is 59.1 Å². The van der Waals surface area contributed by atoms with E-state index < -0.39 is 17.7 Å². The predicted octanol–water partition coefficient (Wildman–Crippen LogP) is 3.35. The number of hydrogen-bond donors (Lipinski definition) is 2. The van der Waals surface area contributed by atoms with Crippen LogP contribution in [0.4, 0.5) is 4.79 Å². The van der Waals surface area contributed by atoms with Crippen molar-refractivity contribution >= 4 is 18.0 Å². The van der Waals surface area contributed by atoms with E-state index in [0.717, 1.165) is 12.0 Å². The quantitative estimate of drug-likeness (QED) is 0.629. The van der Waals surface area contributed by atoms with Crippen molar-refractivity contribution in [1.82, 2.24) is 10.6 Å². The van der Waals surface area contributed by atoms with Gasteiger partial charge < -0.3 is 20.1 Å². The van der Waals surface area contributed by atoms with Gasteiger partial charge in [-0.15, -0.1) is 0 Å². The van der Waals surface area contributed by atoms with Gasteiger partial charge >= 0.3 is 12.1 Å². The monoisotopic (exact) mass is 392 g/mol. The lowest BCUT2D eigenvalue weighted by Crippen LogP contribution is -2.35. The Kier molecular flexibility index (Phi) is 9.48. The van der Waals surface area contributed by atoms with E-state index in [9.17, 15) is 14.4 Å². The number of amides is 2. The average Bonchev–Trinajstić information content (AvgIpc) is 2.58. The van der Waals surface area contributed by atoms with Gasteiger partial charge in [0.15, 0.2) is 6.61 Å². The van der Waals surface area contributed by atoms with Crippen LogP contribution in [0, 0.1) is 5.92 Å². The molecule has 1 atom stereocenters. The molecule has 0 aliphatic rings. The Morgan fingerprint density at radius 1 is 1.07 bits per heavy atom. The fraction of sp³-hybridized carbons (Fsp3) is 0.571. The van der Waals surface area contributed by atoms with Crippen LogP contribution in [0.3, 0.4) is 0 Å². The maximum Gasteiger partial charge on any atom is 0.407 e. The summed E-state index contributed by atoms with van der Waals surface area (Å²) in [5, 5.41) is 5.38. The van der Waals surface area contributed by atoms with Crippen molar-refractivity contribution in [3.05, 3.63) is 35.9 Å². The Balaban J connectivity index is 2.37. The summed E-state index contributed by atoms with van der Waals surface area (Å²) in [6.07, 6.45) is 0.141. The van der Waals surface area contributed by atoms with Gasteiger partial charge in [-0.2, -0.15) is 0 Å². The Labute approximate surface area is 167 Å². The second-order valence-corrected chi connectivity index (χ2v) is 8.00. The van der Waals surface area contributed by atoms with Crippen LogP contribution in [-0.4, -0.2) is 36.7 Å². The van der Waals surface area contributed by atoms with Crippen LogP contribution in [0.25, 0.3) is 0 Å². The highest BCUT2D eigenvalue weighted by Gasteiger charge is 2.18. The van der Waals surface area contributed by atoms with Crippen LogP contribution in [0.5, 0.6) is 0 Å². The molecule has 7 heteroatoms. The molecule has 1 aromatic rings. The molecule has 1 aromatic carbocycles. The van der Waals surface area contributed by atoms with E-state index in [0.29, 0.717) is 5.92 Å². The molecule has 0 spiro atoms. The molecule has 0 fully saturated rings. The lowest BCUT2D eigenvalue weighted by molar-refractivity contribution is -0.148. The van der Waals surface area contributed by atoms with Gasteiger partial charge in [0.05, 0.1) is 12.5 Å². The number of ether oxygens (including phenoxy) is 2. The maximum absolute atomic E-state index is 12.2. The minimum absolute atomic E-state index is 0.0410. The topological polar surface area (TPSA) is 93.7 Å². The lowest BCUT2D eigenvalue weighted by Gasteiger charge is -2.21. The summed E-state index contributed by atoms with van der Waals surface area (Å²) in [5.41, 5.74) is 0.408. The van der Waals surface area contributed by atoms with Crippen molar-refractivity contribution in [2.75, 3.05) is 13.2 Å². The number of nitrogens with one attached hydrogen (secondary N) is 2. The van der Waals surface area contributed by atoms with Gasteiger partial charge in [0, 0.05) is 6.54 Å². The van der Waals surface area contributed by atoms with Crippen molar-refractivity contribution in [1.29, 1.82) is 0 Å². The van der Waals surface area contributed by atoms with Crippen LogP contribution >= 0.6 is 0 Å². The highest BCUT2D eigenvalue weighted by atomic mass is 16.6. The van der Waals surface area contributed by atoms with Crippen molar-refractivity contribution in [2.45, 2.75) is 59.1 Å². The first-order valence-electron chi connectivity index (χ1n) is 9.53. The van der Waals surface area contributed by atoms with Crippen molar-refractivity contribution in [3.63, 3.8) is 0 Å². The highest BCUT2D eigenvalue weighted by Crippen LogP contribution is 2.20. The second-order valence-electron chi connectivity index (χ2n) is 8.00. The molecule has 156 valence electrons. The van der Waals surface area contributed by atoms with Crippen LogP contribution < -0.4 is 10.6 Å². The molecule has 0 bridgehead atoms. The van der Waals surface area contributed by atoms with Gasteiger partial charge in [0.1, 0.15) is 5.60 Å². The normalized spacial score (nSPS) is 12.2. The van der Waals surface area contributed by atoms with Crippen molar-refractivity contribution < 1.29 is 23.9 Å². The van der Waals surface area contributed by atoms with Gasteiger partial charge in [0.2, 0.25) is 0 Å². The number of carbonyl (C=O) groups excluding carboxylic acids is 3. The summed E-state index contributed by atoms with van der Waals surface area (Å²) in [5.74, 6) is -0.527. The molecule has 1 rings (SSSR count). The number of esters is 1. The third kappa shape index (κ3) is 10.5. The number of rotatable bonds is 9. The molecular formula is C21H32N2O5. The summed E-state index contributed by atoms with van der Waals surface area (Å²) in [6.45, 7) is 9.14. The summed E-state index contributed by atoms with van der Waals surface area (Å²) in [4.78, 5) is 35.4. The predicted molar refractivity (Wildman–Crippen MR) is 107 cm³/mol. The number of carbonyl (C=O) groups is 3. The average molecular weight is 392 g/mol. The minimum Gasteiger partial charge on any atom is -0.456 e. The van der Waals surface area contributed by atoms with Gasteiger partial charge in [0.25, 0.3) is 5.91 Å². The van der Waals surface area contributed by atoms with E-state index in [2.05, 4.69) is 24.5 Å². The first kappa shape index (κ1) is 23.5. The largest absolute Gasteiger partial charge is 0.456 e. The third-order valence-corrected chi connectivity index (χ3v) is 3.61. The van der Waals surface area contributed by atoms with Crippen LogP contribution in [0.2, 0.25) is 0 Å². The van der Waals surface area contributed by atoms with Gasteiger partial charge in [-0.1, -0.05) is 44.2 Å². The molecule has 1 unspecified atom stereocenters. The number of alkyl carbamates (subject to hydrolysis) is 1. The summed E-state index contributed by atoms with van der Waals surface area (Å²) in [6, 6.07) is 9.55. The third-order valence-electron chi connectivity index (χ3n) is 3.61. The van der Waals surface area contributed by atoms with Gasteiger partial charge in [-0.25, -0.2) is 4.79 Å². The molecule has 2 N–H and O–H groups in total. The second kappa shape index (κ2) is 11.3. The lowest BCUT2D eigenvalue weighted by atomic mass is 9.97. The summed E-state index contributed by atoms with van der Waals surface area (Å²) in [7, 11) is 0. The zero-order valence-electron chi connectivity index (χ0n) is 17.4. The zero-order chi connectivity index (χ0) is 21.2. The van der Waals surface area contributed by atoms with E-state index in [1.54, 1.807) is 20.8 Å². The van der Waals surface area contributed by atoms with E-state index in [4.69, 9.17) is 9.47 Å². The minimum atomic E-state index is -0.603. The molecule has 0 aromatic heterocycles. The van der Waals surface area contributed by atoms with Crippen molar-refractivity contribution in [2.24, 2.45) is 5.92 Å². The fourth-order valence-electron chi connectivity index (χ4n) is 2.47. The van der Waals surface area contributed by atoms with E-state index in [1.807, 2.05) is 30.3 Å². The highest BCUT2D eigenvalue weighted by molar-refractivity contribution is 5.81. The maximum atomic E-state index is 12.2. The van der Waals surface area contributed by atoms with Crippen LogP contribution in [-0.2, 0) is 19.1 Å². The molecule has 0 saturated carbocycles. The fourth-order valence-corrected chi connectivity index (χ4v) is 2.47. The van der Waals surface area contributed by atoms with Gasteiger partial charge in [-0.3, -0.25) is 9.59 Å². The number of benzene rings is 1. The van der Waals surface area contributed by atoms with Crippen LogP contribution in [0.15, 0.2) is 30.3 Å². The Morgan fingerprint density at radius 3 is 2.29 bits per heavy atom. The zero-order valence-corrected chi connectivity index (χ0v) is 17.4. The van der Waals surface area contributed by atoms with E-state index >= 15 is 0 Å². The Morgan fingerprint density at radius 2 is 1.71 bits per heavy atom. The SMILES string of the molecule is CC(C)CC(NC(=O)COC(=O)CCNC(=O)OC(C)(C)C)c1ccccc1. The Hall–Kier alpha value is -2.57. The number of hydrogen-bond acceptors (Lipinski definition) is 5. The van der Waals surface area contributed by atoms with E-state index in [-0.39, 0.29) is 31.5 Å². The summed E-state index contributed by atoms with van der Waals surface area (Å²) >= 11 is 0. The molecule has 0 heterocycles. The molecule has 0 aliphatic heterocycles. The Bertz CT molecular complexity index is 638. The molecule has 2 amide bonds. The molecule has 7 nitrogen and oxygen atoms in total.